The van der Waals surface area contributed by atoms with E-state index < -0.39 is 0 Å². The van der Waals surface area contributed by atoms with Gasteiger partial charge in [0.1, 0.15) is 0 Å². The van der Waals surface area contributed by atoms with Crippen molar-refractivity contribution in [3.63, 3.8) is 0 Å². The summed E-state index contributed by atoms with van der Waals surface area (Å²) in [6.45, 7) is 2.03. The molecule has 1 rings (SSSR count). The summed E-state index contributed by atoms with van der Waals surface area (Å²) in [6, 6.07) is 0. The molecule has 2 heteroatoms. The number of rotatable bonds is 0. The molecule has 0 unspecified atom stereocenters. The summed E-state index contributed by atoms with van der Waals surface area (Å²) in [7, 11) is 0. The molecule has 0 radical (unpaired) electrons. The van der Waals surface area contributed by atoms with E-state index in [2.05, 4.69) is 0 Å². The van der Waals surface area contributed by atoms with Crippen molar-refractivity contribution in [1.29, 1.82) is 0 Å². The van der Waals surface area contributed by atoms with Gasteiger partial charge >= 0.3 is 18.9 Å². The predicted molar refractivity (Wildman–Crippen MR) is 40.3 cm³/mol. The van der Waals surface area contributed by atoms with Gasteiger partial charge in [-0.1, -0.05) is 25.8 Å². The van der Waals surface area contributed by atoms with Crippen LogP contribution in [0, 0.1) is 5.92 Å². The molecule has 1 atom stereocenters. The minimum absolute atomic E-state index is 0. The van der Waals surface area contributed by atoms with Crippen LogP contribution in [-0.2, 0) is 0 Å². The number of allylic oxidation sites excluding steroid dienone is 2. The van der Waals surface area contributed by atoms with E-state index in [1.165, 1.54) is 19.3 Å². The second-order valence-corrected chi connectivity index (χ2v) is 3.15. The van der Waals surface area contributed by atoms with Crippen molar-refractivity contribution in [2.75, 3.05) is 0 Å². The Kier molecular flexibility index (Phi) is 5.82. The van der Waals surface area contributed by atoms with Crippen LogP contribution in [0.3, 0.4) is 0 Å². The van der Waals surface area contributed by atoms with E-state index in [-0.39, 0.29) is 18.9 Å². The largest absolute Gasteiger partial charge is 1.00 e. The van der Waals surface area contributed by atoms with Gasteiger partial charge in [0.2, 0.25) is 0 Å². The summed E-state index contributed by atoms with van der Waals surface area (Å²) < 4.78 is 0. The first-order valence-corrected chi connectivity index (χ1v) is 4.18. The molecule has 0 saturated heterocycles. The van der Waals surface area contributed by atoms with Crippen LogP contribution >= 0.6 is 0 Å². The molecule has 0 amide bonds. The van der Waals surface area contributed by atoms with Crippen LogP contribution in [-0.4, -0.2) is 0 Å². The second-order valence-electron chi connectivity index (χ2n) is 3.15. The summed E-state index contributed by atoms with van der Waals surface area (Å²) >= 11 is 0. The molecule has 1 aliphatic carbocycles. The summed E-state index contributed by atoms with van der Waals surface area (Å²) in [4.78, 5) is 0. The quantitative estimate of drug-likeness (QED) is 0.395. The number of hydrogen-bond acceptors (Lipinski definition) is 1. The maximum atomic E-state index is 11.1. The molecule has 11 heavy (non-hydrogen) atoms. The van der Waals surface area contributed by atoms with Gasteiger partial charge in [0.25, 0.3) is 0 Å². The van der Waals surface area contributed by atoms with Gasteiger partial charge in [-0.05, 0) is 25.2 Å². The molecule has 0 aliphatic heterocycles. The van der Waals surface area contributed by atoms with Crippen LogP contribution < -0.4 is 24.0 Å². The molecule has 0 N–H and O–H groups in total. The smallest absolute Gasteiger partial charge is 0.875 e. The maximum Gasteiger partial charge on any atom is 1.00 e. The molecule has 0 heterocycles. The molecule has 1 nitrogen and oxygen atoms in total. The van der Waals surface area contributed by atoms with Crippen molar-refractivity contribution >= 4 is 0 Å². The predicted octanol–water partition coefficient (Wildman–Crippen LogP) is -1.17. The first kappa shape index (κ1) is 11.1. The average Bonchev–Trinajstić information content (AvgIpc) is 1.92. The fraction of sp³-hybridized carbons (Fsp3) is 0.778. The van der Waals surface area contributed by atoms with Gasteiger partial charge in [-0.2, -0.15) is 0 Å². The molecule has 1 aliphatic rings. The molecule has 0 spiro atoms. The third-order valence-electron chi connectivity index (χ3n) is 2.17. The topological polar surface area (TPSA) is 23.1 Å². The first-order valence-electron chi connectivity index (χ1n) is 4.18. The van der Waals surface area contributed by atoms with E-state index in [4.69, 9.17) is 0 Å². The molecular weight excluding hydrogens is 131 g/mol. The van der Waals surface area contributed by atoms with Gasteiger partial charge in [-0.3, -0.25) is 0 Å². The summed E-state index contributed by atoms with van der Waals surface area (Å²) in [5, 5.41) is 11.1. The van der Waals surface area contributed by atoms with Crippen LogP contribution in [0.5, 0.6) is 0 Å². The zero-order valence-corrected chi connectivity index (χ0v) is 7.60. The van der Waals surface area contributed by atoms with Crippen molar-refractivity contribution < 1.29 is 24.0 Å². The summed E-state index contributed by atoms with van der Waals surface area (Å²) in [5.74, 6) is 0.653. The first-order chi connectivity index (χ1) is 4.80. The minimum atomic E-state index is 0. The van der Waals surface area contributed by atoms with Crippen LogP contribution in [0.15, 0.2) is 11.8 Å². The van der Waals surface area contributed by atoms with E-state index in [1.54, 1.807) is 0 Å². The van der Waals surface area contributed by atoms with Gasteiger partial charge in [0.15, 0.2) is 0 Å². The molecule has 58 valence electrons. The minimum Gasteiger partial charge on any atom is -0.875 e. The summed E-state index contributed by atoms with van der Waals surface area (Å²) in [5.41, 5.74) is 0. The summed E-state index contributed by atoms with van der Waals surface area (Å²) in [6.07, 6.45) is 7.70. The molecule has 0 aromatic carbocycles. The molecule has 0 aromatic heterocycles. The zero-order valence-electron chi connectivity index (χ0n) is 7.60. The van der Waals surface area contributed by atoms with Crippen molar-refractivity contribution in [3.05, 3.63) is 11.8 Å². The van der Waals surface area contributed by atoms with Crippen molar-refractivity contribution in [2.45, 2.75) is 39.0 Å². The van der Waals surface area contributed by atoms with E-state index >= 15 is 0 Å². The van der Waals surface area contributed by atoms with E-state index in [9.17, 15) is 5.11 Å². The van der Waals surface area contributed by atoms with Gasteiger partial charge in [0.05, 0.1) is 0 Å². The van der Waals surface area contributed by atoms with Gasteiger partial charge < -0.3 is 5.11 Å². The molecule has 0 fully saturated rings. The third kappa shape index (κ3) is 3.89. The standard InChI is InChI=1S/C9H16O.Li/c1-8-6-4-2-3-5-7-9(8)10;/h7-8,10H,2-6H2,1H3;/q;+1/p-1/b9-7+;/t8-;/m1./s1. The fourth-order valence-corrected chi connectivity index (χ4v) is 1.36. The van der Waals surface area contributed by atoms with Crippen molar-refractivity contribution in [3.8, 4) is 0 Å². The Morgan fingerprint density at radius 1 is 1.36 bits per heavy atom. The molecular formula is C9H15LiO. The SMILES string of the molecule is C[C@@H]1CCCCC/C=C\1[O-].[Li+]. The normalized spacial score (nSPS) is 30.6. The van der Waals surface area contributed by atoms with E-state index in [1.807, 2.05) is 13.0 Å². The van der Waals surface area contributed by atoms with Crippen LogP contribution in [0.25, 0.3) is 0 Å². The Morgan fingerprint density at radius 3 is 2.82 bits per heavy atom. The van der Waals surface area contributed by atoms with E-state index in [0.29, 0.717) is 11.7 Å². The van der Waals surface area contributed by atoms with Gasteiger partial charge in [-0.15, -0.1) is 5.76 Å². The maximum absolute atomic E-state index is 11.1. The Morgan fingerprint density at radius 2 is 2.09 bits per heavy atom. The Bertz CT molecular complexity index is 132. The third-order valence-corrected chi connectivity index (χ3v) is 2.17. The van der Waals surface area contributed by atoms with Crippen molar-refractivity contribution in [2.24, 2.45) is 5.92 Å². The molecule has 0 aromatic rings. The Balaban J connectivity index is 0.000001000. The molecule has 0 saturated carbocycles. The monoisotopic (exact) mass is 146 g/mol. The second kappa shape index (κ2) is 5.75. The molecule has 0 bridgehead atoms. The zero-order chi connectivity index (χ0) is 7.40. The Labute approximate surface area is 81.1 Å². The van der Waals surface area contributed by atoms with Crippen LogP contribution in [0.4, 0.5) is 0 Å². The van der Waals surface area contributed by atoms with Crippen LogP contribution in [0.2, 0.25) is 0 Å². The van der Waals surface area contributed by atoms with E-state index in [0.717, 1.165) is 12.8 Å². The van der Waals surface area contributed by atoms with Crippen LogP contribution in [0.1, 0.15) is 39.0 Å². The van der Waals surface area contributed by atoms with Crippen molar-refractivity contribution in [1.82, 2.24) is 0 Å². The van der Waals surface area contributed by atoms with Gasteiger partial charge in [0, 0.05) is 0 Å². The average molecular weight is 146 g/mol. The Hall–Kier alpha value is 0.137. The fourth-order valence-electron chi connectivity index (χ4n) is 1.36. The number of hydrogen-bond donors (Lipinski definition) is 0. The van der Waals surface area contributed by atoms with Gasteiger partial charge in [-0.25, -0.2) is 0 Å².